The van der Waals surface area contributed by atoms with Gasteiger partial charge in [-0.3, -0.25) is 9.36 Å². The molecule has 0 saturated heterocycles. The first-order chi connectivity index (χ1) is 12.7. The number of anilines is 2. The first kappa shape index (κ1) is 17.4. The zero-order valence-electron chi connectivity index (χ0n) is 14.9. The highest BCUT2D eigenvalue weighted by atomic mass is 16.5. The highest BCUT2D eigenvalue weighted by Gasteiger charge is 2.16. The van der Waals surface area contributed by atoms with Crippen molar-refractivity contribution in [3.05, 3.63) is 71.0 Å². The van der Waals surface area contributed by atoms with Crippen LogP contribution in [0.25, 0.3) is 5.69 Å². The van der Waals surface area contributed by atoms with Crippen molar-refractivity contribution < 1.29 is 14.2 Å². The van der Waals surface area contributed by atoms with Gasteiger partial charge in [0.2, 0.25) is 5.75 Å². The molecule has 26 heavy (non-hydrogen) atoms. The normalized spacial score (nSPS) is 10.3. The van der Waals surface area contributed by atoms with Crippen molar-refractivity contribution >= 4 is 11.5 Å². The van der Waals surface area contributed by atoms with E-state index in [2.05, 4.69) is 5.32 Å². The minimum atomic E-state index is -0.180. The third kappa shape index (κ3) is 3.35. The molecule has 0 fully saturated rings. The van der Waals surface area contributed by atoms with Crippen LogP contribution in [0.5, 0.6) is 17.2 Å². The molecule has 1 N–H and O–H groups in total. The van der Waals surface area contributed by atoms with E-state index in [0.717, 1.165) is 5.69 Å². The summed E-state index contributed by atoms with van der Waals surface area (Å²) in [5.74, 6) is 2.05. The monoisotopic (exact) mass is 352 g/mol. The molecule has 1 heterocycles. The molecule has 0 aliphatic rings. The Bertz CT molecular complexity index is 927. The molecule has 0 radical (unpaired) electrons. The van der Waals surface area contributed by atoms with Gasteiger partial charge in [0, 0.05) is 23.9 Å². The topological polar surface area (TPSA) is 61.7 Å². The number of para-hydroxylation sites is 1. The van der Waals surface area contributed by atoms with E-state index < -0.39 is 0 Å². The van der Waals surface area contributed by atoms with Gasteiger partial charge in [-0.1, -0.05) is 24.3 Å². The Morgan fingerprint density at radius 2 is 1.46 bits per heavy atom. The van der Waals surface area contributed by atoms with Crippen LogP contribution in [-0.4, -0.2) is 25.9 Å². The smallest absolute Gasteiger partial charge is 0.256 e. The molecule has 0 unspecified atom stereocenters. The van der Waals surface area contributed by atoms with Gasteiger partial charge in [-0.25, -0.2) is 0 Å². The van der Waals surface area contributed by atoms with Crippen LogP contribution < -0.4 is 25.1 Å². The molecule has 0 aliphatic carbocycles. The average Bonchev–Trinajstić information content (AvgIpc) is 2.67. The molecule has 6 heteroatoms. The van der Waals surface area contributed by atoms with Gasteiger partial charge in [0.25, 0.3) is 5.56 Å². The second-order valence-corrected chi connectivity index (χ2v) is 5.46. The Labute approximate surface area is 151 Å². The van der Waals surface area contributed by atoms with Gasteiger partial charge in [0.1, 0.15) is 5.82 Å². The number of hydrogen-bond donors (Lipinski definition) is 1. The molecule has 0 amide bonds. The number of aromatic nitrogens is 1. The number of benzene rings is 2. The van der Waals surface area contributed by atoms with E-state index in [9.17, 15) is 4.79 Å². The average molecular weight is 352 g/mol. The Morgan fingerprint density at radius 1 is 0.808 bits per heavy atom. The molecule has 0 atom stereocenters. The van der Waals surface area contributed by atoms with Gasteiger partial charge < -0.3 is 19.5 Å². The standard InChI is InChI=1S/C20H20N2O4/c1-24-16-12-15(13-17(25-2)20(16)26-3)22-18(10-7-11-19(22)23)21-14-8-5-4-6-9-14/h4-13,21H,1-3H3. The van der Waals surface area contributed by atoms with Crippen molar-refractivity contribution in [2.45, 2.75) is 0 Å². The van der Waals surface area contributed by atoms with Crippen molar-refractivity contribution in [3.63, 3.8) is 0 Å². The fourth-order valence-electron chi connectivity index (χ4n) is 2.72. The summed E-state index contributed by atoms with van der Waals surface area (Å²) in [6.45, 7) is 0. The van der Waals surface area contributed by atoms with Crippen molar-refractivity contribution in [3.8, 4) is 22.9 Å². The number of nitrogens with zero attached hydrogens (tertiary/aromatic N) is 1. The molecule has 1 aromatic heterocycles. The number of hydrogen-bond acceptors (Lipinski definition) is 5. The third-order valence-electron chi connectivity index (χ3n) is 3.91. The predicted molar refractivity (Wildman–Crippen MR) is 101 cm³/mol. The summed E-state index contributed by atoms with van der Waals surface area (Å²) in [4.78, 5) is 12.6. The second-order valence-electron chi connectivity index (χ2n) is 5.46. The number of rotatable bonds is 6. The summed E-state index contributed by atoms with van der Waals surface area (Å²) in [5.41, 5.74) is 1.29. The van der Waals surface area contributed by atoms with Crippen molar-refractivity contribution in [1.29, 1.82) is 0 Å². The lowest BCUT2D eigenvalue weighted by Gasteiger charge is -2.18. The predicted octanol–water partition coefficient (Wildman–Crippen LogP) is 3.61. The van der Waals surface area contributed by atoms with E-state index in [1.165, 1.54) is 27.4 Å². The molecular weight excluding hydrogens is 332 g/mol. The summed E-state index contributed by atoms with van der Waals surface area (Å²) in [6.07, 6.45) is 0. The first-order valence-electron chi connectivity index (χ1n) is 8.02. The highest BCUT2D eigenvalue weighted by Crippen LogP contribution is 2.39. The molecule has 3 aromatic rings. The Kier molecular flexibility index (Phi) is 5.12. The minimum Gasteiger partial charge on any atom is -0.493 e. The van der Waals surface area contributed by atoms with E-state index in [1.54, 1.807) is 22.8 Å². The molecule has 6 nitrogen and oxygen atoms in total. The minimum absolute atomic E-state index is 0.180. The van der Waals surface area contributed by atoms with Gasteiger partial charge in [-0.05, 0) is 18.2 Å². The first-order valence-corrected chi connectivity index (χ1v) is 8.02. The lowest BCUT2D eigenvalue weighted by molar-refractivity contribution is 0.324. The van der Waals surface area contributed by atoms with E-state index >= 15 is 0 Å². The van der Waals surface area contributed by atoms with Crippen molar-refractivity contribution in [2.75, 3.05) is 26.6 Å². The van der Waals surface area contributed by atoms with Crippen LogP contribution in [0.15, 0.2) is 65.5 Å². The third-order valence-corrected chi connectivity index (χ3v) is 3.91. The van der Waals surface area contributed by atoms with E-state index in [4.69, 9.17) is 14.2 Å². The Balaban J connectivity index is 2.16. The zero-order chi connectivity index (χ0) is 18.5. The van der Waals surface area contributed by atoms with Gasteiger partial charge in [0.15, 0.2) is 11.5 Å². The summed E-state index contributed by atoms with van der Waals surface area (Å²) >= 11 is 0. The van der Waals surface area contributed by atoms with Crippen LogP contribution in [0.3, 0.4) is 0 Å². The molecule has 0 saturated carbocycles. The lowest BCUT2D eigenvalue weighted by atomic mass is 10.2. The lowest BCUT2D eigenvalue weighted by Crippen LogP contribution is -2.19. The maximum Gasteiger partial charge on any atom is 0.256 e. The van der Waals surface area contributed by atoms with Gasteiger partial charge >= 0.3 is 0 Å². The van der Waals surface area contributed by atoms with E-state index in [1.807, 2.05) is 36.4 Å². The van der Waals surface area contributed by atoms with E-state index in [0.29, 0.717) is 28.8 Å². The fourth-order valence-corrected chi connectivity index (χ4v) is 2.72. The summed E-state index contributed by atoms with van der Waals surface area (Å²) in [6, 6.07) is 18.1. The Morgan fingerprint density at radius 3 is 2.04 bits per heavy atom. The van der Waals surface area contributed by atoms with Gasteiger partial charge in [-0.2, -0.15) is 0 Å². The summed E-state index contributed by atoms with van der Waals surface area (Å²) in [5, 5.41) is 3.27. The van der Waals surface area contributed by atoms with Crippen LogP contribution in [0.4, 0.5) is 11.5 Å². The van der Waals surface area contributed by atoms with Crippen LogP contribution in [0, 0.1) is 0 Å². The van der Waals surface area contributed by atoms with Crippen molar-refractivity contribution in [2.24, 2.45) is 0 Å². The van der Waals surface area contributed by atoms with Gasteiger partial charge in [-0.15, -0.1) is 0 Å². The molecule has 0 aliphatic heterocycles. The van der Waals surface area contributed by atoms with Crippen LogP contribution in [0.2, 0.25) is 0 Å². The molecular formula is C20H20N2O4. The largest absolute Gasteiger partial charge is 0.493 e. The summed E-state index contributed by atoms with van der Waals surface area (Å²) in [7, 11) is 4.62. The quantitative estimate of drug-likeness (QED) is 0.734. The summed E-state index contributed by atoms with van der Waals surface area (Å²) < 4.78 is 17.7. The maximum absolute atomic E-state index is 12.6. The number of pyridine rings is 1. The van der Waals surface area contributed by atoms with Crippen LogP contribution >= 0.6 is 0 Å². The van der Waals surface area contributed by atoms with Crippen LogP contribution in [0.1, 0.15) is 0 Å². The van der Waals surface area contributed by atoms with Crippen molar-refractivity contribution in [1.82, 2.24) is 4.57 Å². The number of methoxy groups -OCH3 is 3. The molecule has 134 valence electrons. The fraction of sp³-hybridized carbons (Fsp3) is 0.150. The van der Waals surface area contributed by atoms with E-state index in [-0.39, 0.29) is 5.56 Å². The maximum atomic E-state index is 12.6. The van der Waals surface area contributed by atoms with Gasteiger partial charge in [0.05, 0.1) is 27.0 Å². The molecule has 0 bridgehead atoms. The number of nitrogens with one attached hydrogen (secondary N) is 1. The Hall–Kier alpha value is -3.41. The van der Waals surface area contributed by atoms with Crippen LogP contribution in [-0.2, 0) is 0 Å². The zero-order valence-corrected chi connectivity index (χ0v) is 14.9. The molecule has 0 spiro atoms. The SMILES string of the molecule is COc1cc(-n2c(Nc3ccccc3)cccc2=O)cc(OC)c1OC. The second kappa shape index (κ2) is 7.65. The molecule has 2 aromatic carbocycles. The highest BCUT2D eigenvalue weighted by molar-refractivity contribution is 5.63. The molecule has 3 rings (SSSR count). The number of ether oxygens (including phenoxy) is 3.